The molecule has 5 aromatic rings. The fraction of sp³-hybridized carbons (Fsp3) is 0.111. The lowest BCUT2D eigenvalue weighted by atomic mass is 10.1. The molecule has 2 heterocycles. The molecule has 2 aromatic heterocycles. The number of amides is 1. The van der Waals surface area contributed by atoms with Crippen molar-refractivity contribution in [2.24, 2.45) is 0 Å². The fourth-order valence-electron chi connectivity index (χ4n) is 3.71. The number of aryl methyl sites for hydroxylation is 1. The lowest BCUT2D eigenvalue weighted by Crippen LogP contribution is -2.14. The fourth-order valence-corrected chi connectivity index (χ4v) is 3.71. The summed E-state index contributed by atoms with van der Waals surface area (Å²) in [6.45, 7) is 2.64. The van der Waals surface area contributed by atoms with E-state index in [0.29, 0.717) is 30.4 Å². The van der Waals surface area contributed by atoms with Crippen LogP contribution in [0.5, 0.6) is 0 Å². The highest BCUT2D eigenvalue weighted by molar-refractivity contribution is 5.92. The predicted molar refractivity (Wildman–Crippen MR) is 130 cm³/mol. The molecule has 3 aromatic carbocycles. The van der Waals surface area contributed by atoms with Gasteiger partial charge in [-0.25, -0.2) is 4.98 Å². The van der Waals surface area contributed by atoms with Gasteiger partial charge in [0.1, 0.15) is 5.69 Å². The Kier molecular flexibility index (Phi) is 5.99. The number of benzene rings is 3. The van der Waals surface area contributed by atoms with Crippen LogP contribution < -0.4 is 5.32 Å². The van der Waals surface area contributed by atoms with Crippen molar-refractivity contribution in [3.63, 3.8) is 0 Å². The third kappa shape index (κ3) is 4.94. The third-order valence-corrected chi connectivity index (χ3v) is 5.47. The molecule has 0 atom stereocenters. The minimum absolute atomic E-state index is 0.0391. The number of rotatable bonds is 7. The summed E-state index contributed by atoms with van der Waals surface area (Å²) in [6.07, 6.45) is 3.97. The zero-order chi connectivity index (χ0) is 23.3. The van der Waals surface area contributed by atoms with Crippen molar-refractivity contribution < 1.29 is 9.32 Å². The van der Waals surface area contributed by atoms with Crippen molar-refractivity contribution >= 4 is 11.6 Å². The van der Waals surface area contributed by atoms with E-state index in [1.807, 2.05) is 96.6 Å². The summed E-state index contributed by atoms with van der Waals surface area (Å²) < 4.78 is 7.40. The van der Waals surface area contributed by atoms with Gasteiger partial charge in [0.25, 0.3) is 5.89 Å². The van der Waals surface area contributed by atoms with Crippen LogP contribution in [-0.2, 0) is 17.8 Å². The number of nitrogens with zero attached hydrogens (tertiary/aromatic N) is 4. The molecule has 5 rings (SSSR count). The number of imidazole rings is 1. The van der Waals surface area contributed by atoms with Gasteiger partial charge in [0.15, 0.2) is 0 Å². The number of hydrogen-bond acceptors (Lipinski definition) is 5. The molecule has 0 unspecified atom stereocenters. The quantitative estimate of drug-likeness (QED) is 0.372. The van der Waals surface area contributed by atoms with Crippen molar-refractivity contribution in [3.8, 4) is 23.0 Å². The molecular formula is C27H23N5O2. The maximum atomic E-state index is 12.3. The highest BCUT2D eigenvalue weighted by Gasteiger charge is 2.14. The highest BCUT2D eigenvalue weighted by Crippen LogP contribution is 2.23. The second-order valence-corrected chi connectivity index (χ2v) is 8.08. The van der Waals surface area contributed by atoms with Gasteiger partial charge in [-0.3, -0.25) is 4.79 Å². The molecular weight excluding hydrogens is 426 g/mol. The van der Waals surface area contributed by atoms with E-state index in [0.717, 1.165) is 27.9 Å². The third-order valence-electron chi connectivity index (χ3n) is 5.47. The van der Waals surface area contributed by atoms with Crippen LogP contribution in [0.1, 0.15) is 16.7 Å². The molecule has 0 spiro atoms. The minimum Gasteiger partial charge on any atom is -0.332 e. The molecule has 168 valence electrons. The van der Waals surface area contributed by atoms with Crippen LogP contribution in [0.25, 0.3) is 23.0 Å². The summed E-state index contributed by atoms with van der Waals surface area (Å²) in [7, 11) is 0. The smallest absolute Gasteiger partial charge is 0.278 e. The standard InChI is InChI=1S/C27H23N5O2/c1-19-7-5-6-10-23(19)26-30-27(34-31-26)24-17-32(18-28-24)16-21-11-13-22(14-12-21)29-25(33)15-20-8-3-2-4-9-20/h2-14,17-18H,15-16H2,1H3,(H,29,33). The second kappa shape index (κ2) is 9.54. The molecule has 7 heteroatoms. The molecule has 1 N–H and O–H groups in total. The molecule has 7 nitrogen and oxygen atoms in total. The van der Waals surface area contributed by atoms with Gasteiger partial charge in [0, 0.05) is 24.0 Å². The summed E-state index contributed by atoms with van der Waals surface area (Å²) in [5.74, 6) is 0.892. The van der Waals surface area contributed by atoms with E-state index in [1.54, 1.807) is 6.33 Å². The van der Waals surface area contributed by atoms with Gasteiger partial charge in [-0.2, -0.15) is 4.98 Å². The summed E-state index contributed by atoms with van der Waals surface area (Å²) in [6, 6.07) is 25.4. The first-order valence-corrected chi connectivity index (χ1v) is 11.0. The average molecular weight is 450 g/mol. The summed E-state index contributed by atoms with van der Waals surface area (Å²) in [4.78, 5) is 21.2. The molecule has 1 amide bonds. The van der Waals surface area contributed by atoms with E-state index in [2.05, 4.69) is 20.4 Å². The first-order valence-electron chi connectivity index (χ1n) is 11.0. The zero-order valence-corrected chi connectivity index (χ0v) is 18.7. The minimum atomic E-state index is -0.0391. The van der Waals surface area contributed by atoms with Gasteiger partial charge in [-0.05, 0) is 35.7 Å². The Balaban J connectivity index is 1.21. The van der Waals surface area contributed by atoms with Gasteiger partial charge < -0.3 is 14.4 Å². The summed E-state index contributed by atoms with van der Waals surface area (Å²) >= 11 is 0. The van der Waals surface area contributed by atoms with Crippen LogP contribution in [0.15, 0.2) is 95.9 Å². The zero-order valence-electron chi connectivity index (χ0n) is 18.7. The van der Waals surface area contributed by atoms with Gasteiger partial charge >= 0.3 is 0 Å². The monoisotopic (exact) mass is 449 g/mol. The molecule has 0 saturated heterocycles. The molecule has 0 fully saturated rings. The van der Waals surface area contributed by atoms with Crippen molar-refractivity contribution in [1.82, 2.24) is 19.7 Å². The summed E-state index contributed by atoms with van der Waals surface area (Å²) in [5.41, 5.74) is 5.48. The Hall–Kier alpha value is -4.52. The lowest BCUT2D eigenvalue weighted by molar-refractivity contribution is -0.115. The molecule has 0 aliphatic carbocycles. The predicted octanol–water partition coefficient (Wildman–Crippen LogP) is 5.14. The first-order chi connectivity index (χ1) is 16.6. The van der Waals surface area contributed by atoms with E-state index in [9.17, 15) is 4.79 Å². The largest absolute Gasteiger partial charge is 0.332 e. The summed E-state index contributed by atoms with van der Waals surface area (Å²) in [5, 5.41) is 7.05. The van der Waals surface area contributed by atoms with Gasteiger partial charge in [-0.1, -0.05) is 71.9 Å². The van der Waals surface area contributed by atoms with Crippen molar-refractivity contribution in [2.45, 2.75) is 19.9 Å². The van der Waals surface area contributed by atoms with Crippen LogP contribution in [0, 0.1) is 6.92 Å². The number of hydrogen-bond donors (Lipinski definition) is 1. The van der Waals surface area contributed by atoms with E-state index in [4.69, 9.17) is 4.52 Å². The first kappa shape index (κ1) is 21.3. The average Bonchev–Trinajstić information content (AvgIpc) is 3.51. The molecule has 0 bridgehead atoms. The van der Waals surface area contributed by atoms with Gasteiger partial charge in [0.2, 0.25) is 11.7 Å². The van der Waals surface area contributed by atoms with Crippen LogP contribution in [0.3, 0.4) is 0 Å². The molecule has 0 aliphatic rings. The Labute approximate surface area is 197 Å². The Bertz CT molecular complexity index is 1400. The van der Waals surface area contributed by atoms with Crippen LogP contribution >= 0.6 is 0 Å². The SMILES string of the molecule is Cc1ccccc1-c1noc(-c2cn(Cc3ccc(NC(=O)Cc4ccccc4)cc3)cn2)n1. The molecule has 0 radical (unpaired) electrons. The Morgan fingerprint density at radius 3 is 2.50 bits per heavy atom. The number of carbonyl (C=O) groups excluding carboxylic acids is 1. The van der Waals surface area contributed by atoms with E-state index in [1.165, 1.54) is 0 Å². The van der Waals surface area contributed by atoms with E-state index < -0.39 is 0 Å². The van der Waals surface area contributed by atoms with Crippen molar-refractivity contribution in [3.05, 3.63) is 108 Å². The Morgan fingerprint density at radius 1 is 0.941 bits per heavy atom. The number of nitrogens with one attached hydrogen (secondary N) is 1. The second-order valence-electron chi connectivity index (χ2n) is 8.08. The van der Waals surface area contributed by atoms with Crippen LogP contribution in [0.4, 0.5) is 5.69 Å². The van der Waals surface area contributed by atoms with Crippen LogP contribution in [-0.4, -0.2) is 25.6 Å². The lowest BCUT2D eigenvalue weighted by Gasteiger charge is -2.07. The number of carbonyl (C=O) groups is 1. The van der Waals surface area contributed by atoms with Crippen molar-refractivity contribution in [1.29, 1.82) is 0 Å². The van der Waals surface area contributed by atoms with Crippen molar-refractivity contribution in [2.75, 3.05) is 5.32 Å². The maximum Gasteiger partial charge on any atom is 0.278 e. The topological polar surface area (TPSA) is 85.8 Å². The van der Waals surface area contributed by atoms with E-state index >= 15 is 0 Å². The normalized spacial score (nSPS) is 10.9. The molecule has 34 heavy (non-hydrogen) atoms. The maximum absolute atomic E-state index is 12.3. The molecule has 0 saturated carbocycles. The Morgan fingerprint density at radius 2 is 1.71 bits per heavy atom. The van der Waals surface area contributed by atoms with Crippen LogP contribution in [0.2, 0.25) is 0 Å². The highest BCUT2D eigenvalue weighted by atomic mass is 16.5. The number of anilines is 1. The van der Waals surface area contributed by atoms with E-state index in [-0.39, 0.29) is 5.91 Å². The van der Waals surface area contributed by atoms with Gasteiger partial charge in [0.05, 0.1) is 12.7 Å². The van der Waals surface area contributed by atoms with Gasteiger partial charge in [-0.15, -0.1) is 0 Å². The number of aromatic nitrogens is 4. The molecule has 0 aliphatic heterocycles.